The van der Waals surface area contributed by atoms with Crippen LogP contribution in [0.25, 0.3) is 0 Å². The van der Waals surface area contributed by atoms with Crippen LogP contribution in [0.4, 0.5) is 0 Å². The first-order chi connectivity index (χ1) is 5.33. The highest BCUT2D eigenvalue weighted by Gasteiger charge is 1.99. The van der Waals surface area contributed by atoms with E-state index in [0.717, 1.165) is 11.8 Å². The van der Waals surface area contributed by atoms with Crippen LogP contribution in [0.3, 0.4) is 0 Å². The van der Waals surface area contributed by atoms with Gasteiger partial charge in [-0.2, -0.15) is 0 Å². The van der Waals surface area contributed by atoms with E-state index >= 15 is 0 Å². The van der Waals surface area contributed by atoms with E-state index in [0.29, 0.717) is 0 Å². The maximum absolute atomic E-state index is 5.76. The molecule has 0 aliphatic carbocycles. The molecule has 0 aliphatic heterocycles. The molecule has 12 heavy (non-hydrogen) atoms. The van der Waals surface area contributed by atoms with Gasteiger partial charge in [-0.15, -0.1) is 17.0 Å². The van der Waals surface area contributed by atoms with Crippen LogP contribution in [0, 0.1) is 0 Å². The molecule has 1 atom stereocenters. The topological polar surface area (TPSA) is 26.0 Å². The summed E-state index contributed by atoms with van der Waals surface area (Å²) in [6, 6.07) is 10.5. The maximum atomic E-state index is 5.76. The molecule has 0 saturated heterocycles. The lowest BCUT2D eigenvalue weighted by atomic mass is 10.1. The molecule has 3 heteroatoms. The molecule has 0 fully saturated rings. The summed E-state index contributed by atoms with van der Waals surface area (Å²) in [5.74, 6) is 0. The smallest absolute Gasteiger partial charge is 0.0187 e. The van der Waals surface area contributed by atoms with Gasteiger partial charge in [0.25, 0.3) is 0 Å². The van der Waals surface area contributed by atoms with Gasteiger partial charge in [-0.1, -0.05) is 46.3 Å². The van der Waals surface area contributed by atoms with Gasteiger partial charge >= 0.3 is 0 Å². The molecule has 1 nitrogen and oxygen atoms in total. The van der Waals surface area contributed by atoms with Crippen LogP contribution in [0.2, 0.25) is 0 Å². The second-order valence-corrected chi connectivity index (χ2v) is 3.25. The fourth-order valence-corrected chi connectivity index (χ4v) is 1.20. The molecule has 0 heterocycles. The van der Waals surface area contributed by atoms with E-state index in [1.807, 2.05) is 18.2 Å². The predicted octanol–water partition coefficient (Wildman–Crippen LogP) is 2.53. The van der Waals surface area contributed by atoms with Crippen LogP contribution in [0.5, 0.6) is 0 Å². The van der Waals surface area contributed by atoms with Gasteiger partial charge < -0.3 is 5.73 Å². The van der Waals surface area contributed by atoms with Gasteiger partial charge in [0.2, 0.25) is 0 Å². The van der Waals surface area contributed by atoms with Crippen LogP contribution >= 0.6 is 32.9 Å². The Kier molecular flexibility index (Phi) is 6.71. The van der Waals surface area contributed by atoms with Crippen molar-refractivity contribution in [2.75, 3.05) is 5.33 Å². The van der Waals surface area contributed by atoms with Crippen molar-refractivity contribution in [3.05, 3.63) is 35.9 Å². The summed E-state index contributed by atoms with van der Waals surface area (Å²) < 4.78 is 0. The highest BCUT2D eigenvalue weighted by molar-refractivity contribution is 9.09. The minimum atomic E-state index is 0. The van der Waals surface area contributed by atoms with E-state index in [9.17, 15) is 0 Å². The average Bonchev–Trinajstić information content (AvgIpc) is 2.06. The van der Waals surface area contributed by atoms with E-state index in [1.54, 1.807) is 0 Å². The summed E-state index contributed by atoms with van der Waals surface area (Å²) in [6.07, 6.45) is 0.950. The maximum Gasteiger partial charge on any atom is 0.0187 e. The zero-order chi connectivity index (χ0) is 8.10. The van der Waals surface area contributed by atoms with Crippen LogP contribution in [-0.2, 0) is 6.42 Å². The van der Waals surface area contributed by atoms with Crippen LogP contribution in [0.15, 0.2) is 30.3 Å². The van der Waals surface area contributed by atoms with E-state index in [-0.39, 0.29) is 23.0 Å². The monoisotopic (exact) mass is 293 g/mol. The summed E-state index contributed by atoms with van der Waals surface area (Å²) in [7, 11) is 0. The third-order valence-corrected chi connectivity index (χ3v) is 2.37. The molecule has 0 aliphatic rings. The van der Waals surface area contributed by atoms with Gasteiger partial charge in [0.15, 0.2) is 0 Å². The van der Waals surface area contributed by atoms with Gasteiger partial charge in [0.05, 0.1) is 0 Å². The first-order valence-electron chi connectivity index (χ1n) is 3.68. The van der Waals surface area contributed by atoms with E-state index < -0.39 is 0 Å². The largest absolute Gasteiger partial charge is 0.327 e. The third-order valence-electron chi connectivity index (χ3n) is 1.54. The average molecular weight is 295 g/mol. The Morgan fingerprint density at radius 1 is 1.25 bits per heavy atom. The molecule has 0 saturated carbocycles. The zero-order valence-electron chi connectivity index (χ0n) is 6.74. The first kappa shape index (κ1) is 12.1. The SMILES string of the molecule is Br.N[C@@H](CBr)Cc1ccccc1. The molecular weight excluding hydrogens is 282 g/mol. The number of benzene rings is 1. The minimum absolute atomic E-state index is 0. The fraction of sp³-hybridized carbons (Fsp3) is 0.333. The highest BCUT2D eigenvalue weighted by atomic mass is 79.9. The van der Waals surface area contributed by atoms with Crippen molar-refractivity contribution in [1.29, 1.82) is 0 Å². The van der Waals surface area contributed by atoms with Crippen molar-refractivity contribution < 1.29 is 0 Å². The van der Waals surface area contributed by atoms with Gasteiger partial charge in [-0.25, -0.2) is 0 Å². The van der Waals surface area contributed by atoms with Gasteiger partial charge in [-0.05, 0) is 12.0 Å². The summed E-state index contributed by atoms with van der Waals surface area (Å²) in [5, 5.41) is 0.863. The summed E-state index contributed by atoms with van der Waals surface area (Å²) in [4.78, 5) is 0. The standard InChI is InChI=1S/C9H12BrN.BrH/c10-7-9(11)6-8-4-2-1-3-5-8;/h1-5,9H,6-7,11H2;1H/t9-;/m1./s1. The van der Waals surface area contributed by atoms with Crippen molar-refractivity contribution >= 4 is 32.9 Å². The highest BCUT2D eigenvalue weighted by Crippen LogP contribution is 2.02. The Labute approximate surface area is 92.2 Å². The minimum Gasteiger partial charge on any atom is -0.327 e. The van der Waals surface area contributed by atoms with Gasteiger partial charge in [-0.3, -0.25) is 0 Å². The predicted molar refractivity (Wildman–Crippen MR) is 62.2 cm³/mol. The van der Waals surface area contributed by atoms with E-state index in [4.69, 9.17) is 5.73 Å². The number of hydrogen-bond donors (Lipinski definition) is 1. The number of nitrogens with two attached hydrogens (primary N) is 1. The van der Waals surface area contributed by atoms with Crippen LogP contribution in [-0.4, -0.2) is 11.4 Å². The van der Waals surface area contributed by atoms with Crippen LogP contribution < -0.4 is 5.73 Å². The first-order valence-corrected chi connectivity index (χ1v) is 4.80. The number of hydrogen-bond acceptors (Lipinski definition) is 1. The molecule has 0 bridgehead atoms. The Hall–Kier alpha value is 0.140. The molecular formula is C9H13Br2N. The summed E-state index contributed by atoms with van der Waals surface area (Å²) >= 11 is 3.35. The Morgan fingerprint density at radius 3 is 2.33 bits per heavy atom. The molecule has 1 aromatic carbocycles. The molecule has 68 valence electrons. The number of rotatable bonds is 3. The molecule has 0 radical (unpaired) electrons. The van der Waals surface area contributed by atoms with Crippen LogP contribution in [0.1, 0.15) is 5.56 Å². The van der Waals surface area contributed by atoms with Crippen molar-refractivity contribution in [1.82, 2.24) is 0 Å². The van der Waals surface area contributed by atoms with Crippen molar-refractivity contribution in [2.24, 2.45) is 5.73 Å². The Morgan fingerprint density at radius 2 is 1.83 bits per heavy atom. The fourth-order valence-electron chi connectivity index (χ4n) is 0.971. The molecule has 2 N–H and O–H groups in total. The zero-order valence-corrected chi connectivity index (χ0v) is 10.0. The number of halogens is 2. The van der Waals surface area contributed by atoms with Crippen molar-refractivity contribution in [3.63, 3.8) is 0 Å². The van der Waals surface area contributed by atoms with Crippen molar-refractivity contribution in [2.45, 2.75) is 12.5 Å². The second-order valence-electron chi connectivity index (χ2n) is 2.60. The normalized spacial score (nSPS) is 11.8. The molecule has 0 amide bonds. The van der Waals surface area contributed by atoms with Crippen molar-refractivity contribution in [3.8, 4) is 0 Å². The molecule has 1 aromatic rings. The molecule has 0 aromatic heterocycles. The molecule has 0 spiro atoms. The Balaban J connectivity index is 0.00000121. The lowest BCUT2D eigenvalue weighted by Gasteiger charge is -2.06. The lowest BCUT2D eigenvalue weighted by molar-refractivity contribution is 0.753. The number of alkyl halides is 1. The quantitative estimate of drug-likeness (QED) is 0.852. The second kappa shape index (κ2) is 6.63. The van der Waals surface area contributed by atoms with Gasteiger partial charge in [0.1, 0.15) is 0 Å². The Bertz CT molecular complexity index is 201. The third kappa shape index (κ3) is 4.24. The molecule has 0 unspecified atom stereocenters. The molecule has 1 rings (SSSR count). The van der Waals surface area contributed by atoms with E-state index in [2.05, 4.69) is 28.1 Å². The van der Waals surface area contributed by atoms with E-state index in [1.165, 1.54) is 5.56 Å². The summed E-state index contributed by atoms with van der Waals surface area (Å²) in [6.45, 7) is 0. The van der Waals surface area contributed by atoms with Gasteiger partial charge in [0, 0.05) is 11.4 Å². The lowest BCUT2D eigenvalue weighted by Crippen LogP contribution is -2.24. The summed E-state index contributed by atoms with van der Waals surface area (Å²) in [5.41, 5.74) is 7.06.